The molecule has 0 fully saturated rings. The van der Waals surface area contributed by atoms with Crippen LogP contribution in [-0.2, 0) is 0 Å². The van der Waals surface area contributed by atoms with Crippen molar-refractivity contribution in [1.82, 2.24) is 14.5 Å². The maximum Gasteiger partial charge on any atom is 0.267 e. The SMILES string of the molecule is CC(C)c1nc2cc(O)ccc2c(=O)n1-c1ccc(I)c(Cl)n1. The zero-order valence-electron chi connectivity index (χ0n) is 12.4. The van der Waals surface area contributed by atoms with Crippen LogP contribution in [0.3, 0.4) is 0 Å². The number of aromatic nitrogens is 3. The van der Waals surface area contributed by atoms with Crippen LogP contribution >= 0.6 is 34.2 Å². The van der Waals surface area contributed by atoms with Crippen LogP contribution in [0.4, 0.5) is 0 Å². The lowest BCUT2D eigenvalue weighted by Crippen LogP contribution is -2.25. The standard InChI is InChI=1S/C16H13ClIN3O2/c1-8(2)15-19-12-7-9(22)3-4-10(12)16(23)21(15)13-6-5-11(18)14(17)20-13/h3-8,22H,1-2H3. The second-order valence-electron chi connectivity index (χ2n) is 5.41. The van der Waals surface area contributed by atoms with Crippen LogP contribution in [0.25, 0.3) is 16.7 Å². The summed E-state index contributed by atoms with van der Waals surface area (Å²) in [6.07, 6.45) is 0. The van der Waals surface area contributed by atoms with E-state index in [-0.39, 0.29) is 17.2 Å². The molecule has 118 valence electrons. The molecule has 5 nitrogen and oxygen atoms in total. The second kappa shape index (κ2) is 6.09. The molecular weight excluding hydrogens is 429 g/mol. The normalized spacial score (nSPS) is 11.3. The van der Waals surface area contributed by atoms with Gasteiger partial charge in [0.05, 0.1) is 14.5 Å². The summed E-state index contributed by atoms with van der Waals surface area (Å²) in [6, 6.07) is 8.08. The molecule has 0 bridgehead atoms. The summed E-state index contributed by atoms with van der Waals surface area (Å²) in [4.78, 5) is 21.8. The number of phenols is 1. The van der Waals surface area contributed by atoms with E-state index in [0.29, 0.717) is 27.7 Å². The molecule has 0 atom stereocenters. The lowest BCUT2D eigenvalue weighted by atomic mass is 10.1. The summed E-state index contributed by atoms with van der Waals surface area (Å²) in [6.45, 7) is 3.89. The van der Waals surface area contributed by atoms with Crippen LogP contribution in [0.5, 0.6) is 5.75 Å². The van der Waals surface area contributed by atoms with Crippen LogP contribution in [0.15, 0.2) is 35.1 Å². The van der Waals surface area contributed by atoms with Gasteiger partial charge in [-0.05, 0) is 46.9 Å². The summed E-state index contributed by atoms with van der Waals surface area (Å²) in [5.41, 5.74) is 0.232. The Balaban J connectivity index is 2.40. The van der Waals surface area contributed by atoms with Crippen LogP contribution in [-0.4, -0.2) is 19.6 Å². The molecule has 1 aromatic carbocycles. The van der Waals surface area contributed by atoms with Gasteiger partial charge >= 0.3 is 0 Å². The van der Waals surface area contributed by atoms with Crippen molar-refractivity contribution in [2.75, 3.05) is 0 Å². The molecule has 0 aliphatic rings. The van der Waals surface area contributed by atoms with Gasteiger partial charge in [0.2, 0.25) is 0 Å². The first-order chi connectivity index (χ1) is 10.9. The van der Waals surface area contributed by atoms with Gasteiger partial charge in [-0.1, -0.05) is 25.4 Å². The molecule has 2 aromatic heterocycles. The van der Waals surface area contributed by atoms with Gasteiger partial charge in [0.25, 0.3) is 5.56 Å². The molecule has 3 rings (SSSR count). The number of rotatable bonds is 2. The molecule has 0 aliphatic carbocycles. The van der Waals surface area contributed by atoms with Gasteiger partial charge in [-0.15, -0.1) is 0 Å². The van der Waals surface area contributed by atoms with E-state index in [2.05, 4.69) is 32.6 Å². The van der Waals surface area contributed by atoms with Crippen LogP contribution in [0.1, 0.15) is 25.6 Å². The number of pyridine rings is 1. The summed E-state index contributed by atoms with van der Waals surface area (Å²) in [5.74, 6) is 1.08. The quantitative estimate of drug-likeness (QED) is 0.484. The second-order valence-corrected chi connectivity index (χ2v) is 6.93. The van der Waals surface area contributed by atoms with Crippen molar-refractivity contribution in [2.45, 2.75) is 19.8 Å². The largest absolute Gasteiger partial charge is 0.508 e. The number of phenolic OH excluding ortho intramolecular Hbond substituents is 1. The molecule has 0 spiro atoms. The Kier molecular flexibility index (Phi) is 4.29. The molecule has 0 radical (unpaired) electrons. The Morgan fingerprint density at radius 1 is 1.22 bits per heavy atom. The zero-order valence-corrected chi connectivity index (χ0v) is 15.3. The maximum atomic E-state index is 12.9. The average Bonchev–Trinajstić information content (AvgIpc) is 2.49. The molecule has 1 N–H and O–H groups in total. The van der Waals surface area contributed by atoms with E-state index in [1.807, 2.05) is 19.9 Å². The van der Waals surface area contributed by atoms with Crippen molar-refractivity contribution < 1.29 is 5.11 Å². The van der Waals surface area contributed by atoms with E-state index in [4.69, 9.17) is 11.6 Å². The molecular formula is C16H13ClIN3O2. The highest BCUT2D eigenvalue weighted by atomic mass is 127. The Morgan fingerprint density at radius 2 is 1.96 bits per heavy atom. The summed E-state index contributed by atoms with van der Waals surface area (Å²) < 4.78 is 2.29. The highest BCUT2D eigenvalue weighted by Gasteiger charge is 2.17. The lowest BCUT2D eigenvalue weighted by Gasteiger charge is -2.15. The van der Waals surface area contributed by atoms with E-state index in [1.54, 1.807) is 12.1 Å². The predicted octanol–water partition coefficient (Wildman–Crippen LogP) is 3.87. The van der Waals surface area contributed by atoms with Crippen molar-refractivity contribution in [3.05, 3.63) is 55.2 Å². The van der Waals surface area contributed by atoms with Gasteiger partial charge in [0.15, 0.2) is 0 Å². The third kappa shape index (κ3) is 2.92. The van der Waals surface area contributed by atoms with Crippen LogP contribution in [0.2, 0.25) is 5.15 Å². The molecule has 0 unspecified atom stereocenters. The minimum Gasteiger partial charge on any atom is -0.508 e. The fourth-order valence-corrected chi connectivity index (χ4v) is 2.78. The monoisotopic (exact) mass is 441 g/mol. The first kappa shape index (κ1) is 16.2. The first-order valence-corrected chi connectivity index (χ1v) is 8.42. The Bertz CT molecular complexity index is 969. The number of hydrogen-bond acceptors (Lipinski definition) is 4. The molecule has 2 heterocycles. The van der Waals surface area contributed by atoms with Crippen molar-refractivity contribution in [3.63, 3.8) is 0 Å². The molecule has 0 saturated carbocycles. The van der Waals surface area contributed by atoms with E-state index in [9.17, 15) is 9.90 Å². The Hall–Kier alpha value is -1.67. The third-order valence-electron chi connectivity index (χ3n) is 3.41. The number of nitrogens with zero attached hydrogens (tertiary/aromatic N) is 3. The smallest absolute Gasteiger partial charge is 0.267 e. The summed E-state index contributed by atoms with van der Waals surface area (Å²) in [7, 11) is 0. The van der Waals surface area contributed by atoms with E-state index in [0.717, 1.165) is 3.57 Å². The van der Waals surface area contributed by atoms with Crippen LogP contribution < -0.4 is 5.56 Å². The van der Waals surface area contributed by atoms with E-state index >= 15 is 0 Å². The highest BCUT2D eigenvalue weighted by molar-refractivity contribution is 14.1. The summed E-state index contributed by atoms with van der Waals surface area (Å²) >= 11 is 8.18. The molecule has 0 aliphatic heterocycles. The van der Waals surface area contributed by atoms with Gasteiger partial charge in [-0.3, -0.25) is 4.79 Å². The van der Waals surface area contributed by atoms with Crippen LogP contribution in [0, 0.1) is 3.57 Å². The van der Waals surface area contributed by atoms with Crippen molar-refractivity contribution >= 4 is 45.1 Å². The van der Waals surface area contributed by atoms with Gasteiger partial charge in [-0.2, -0.15) is 0 Å². The van der Waals surface area contributed by atoms with Crippen molar-refractivity contribution in [1.29, 1.82) is 0 Å². The minimum absolute atomic E-state index is 0.00528. The van der Waals surface area contributed by atoms with E-state index in [1.165, 1.54) is 16.7 Å². The zero-order chi connectivity index (χ0) is 16.7. The maximum absolute atomic E-state index is 12.9. The fourth-order valence-electron chi connectivity index (χ4n) is 2.33. The number of hydrogen-bond donors (Lipinski definition) is 1. The minimum atomic E-state index is -0.233. The first-order valence-electron chi connectivity index (χ1n) is 6.96. The molecule has 0 amide bonds. The van der Waals surface area contributed by atoms with Gasteiger partial charge < -0.3 is 5.11 Å². The molecule has 23 heavy (non-hydrogen) atoms. The number of halogens is 2. The average molecular weight is 442 g/mol. The Morgan fingerprint density at radius 3 is 2.61 bits per heavy atom. The van der Waals surface area contributed by atoms with Gasteiger partial charge in [0, 0.05) is 12.0 Å². The van der Waals surface area contributed by atoms with Gasteiger partial charge in [-0.25, -0.2) is 14.5 Å². The lowest BCUT2D eigenvalue weighted by molar-refractivity contribution is 0.476. The third-order valence-corrected chi connectivity index (χ3v) is 4.89. The fraction of sp³-hybridized carbons (Fsp3) is 0.188. The molecule has 3 aromatic rings. The highest BCUT2D eigenvalue weighted by Crippen LogP contribution is 2.23. The van der Waals surface area contributed by atoms with Gasteiger partial charge in [0.1, 0.15) is 22.5 Å². The summed E-state index contributed by atoms with van der Waals surface area (Å²) in [5, 5.41) is 10.4. The van der Waals surface area contributed by atoms with Crippen molar-refractivity contribution in [2.24, 2.45) is 0 Å². The number of benzene rings is 1. The number of aromatic hydroxyl groups is 1. The Labute approximate surface area is 151 Å². The number of fused-ring (bicyclic) bond motifs is 1. The molecule has 0 saturated heterocycles. The van der Waals surface area contributed by atoms with E-state index < -0.39 is 0 Å². The predicted molar refractivity (Wildman–Crippen MR) is 98.6 cm³/mol. The topological polar surface area (TPSA) is 68.0 Å². The molecule has 7 heteroatoms. The van der Waals surface area contributed by atoms with Crippen molar-refractivity contribution in [3.8, 4) is 11.6 Å².